The van der Waals surface area contributed by atoms with Crippen molar-refractivity contribution in [2.24, 2.45) is 34.5 Å². The van der Waals surface area contributed by atoms with E-state index in [-0.39, 0.29) is 41.1 Å². The van der Waals surface area contributed by atoms with Crippen LogP contribution >= 0.6 is 0 Å². The van der Waals surface area contributed by atoms with E-state index in [4.69, 9.17) is 4.43 Å². The molecule has 0 spiro atoms. The van der Waals surface area contributed by atoms with Crippen molar-refractivity contribution in [3.63, 3.8) is 0 Å². The molecular weight excluding hydrogens is 388 g/mol. The fourth-order valence-electron chi connectivity index (χ4n) is 7.12. The van der Waals surface area contributed by atoms with Gasteiger partial charge in [0.2, 0.25) is 0 Å². The van der Waals surface area contributed by atoms with Gasteiger partial charge in [-0.3, -0.25) is 0 Å². The molecule has 0 bridgehead atoms. The van der Waals surface area contributed by atoms with Crippen LogP contribution in [0.1, 0.15) is 79.6 Å². The summed E-state index contributed by atoms with van der Waals surface area (Å²) in [6.07, 6.45) is 8.05. The normalized spacial score (nSPS) is 43.0. The Labute approximate surface area is 186 Å². The fraction of sp³-hybridized carbons (Fsp3) is 0.923. The van der Waals surface area contributed by atoms with E-state index in [0.29, 0.717) is 17.8 Å². The second-order valence-corrected chi connectivity index (χ2v) is 17.6. The average Bonchev–Trinajstić information content (AvgIpc) is 2.96. The van der Waals surface area contributed by atoms with Gasteiger partial charge in [0.25, 0.3) is 0 Å². The van der Waals surface area contributed by atoms with E-state index in [1.807, 2.05) is 0 Å². The lowest BCUT2D eigenvalue weighted by Gasteiger charge is -2.57. The summed E-state index contributed by atoms with van der Waals surface area (Å²) in [5.41, 5.74) is 1.69. The lowest BCUT2D eigenvalue weighted by atomic mass is 9.49. The molecule has 2 N–H and O–H groups in total. The third-order valence-corrected chi connectivity index (χ3v) is 15.0. The van der Waals surface area contributed by atoms with E-state index >= 15 is 0 Å². The van der Waals surface area contributed by atoms with Crippen molar-refractivity contribution in [2.75, 3.05) is 13.2 Å². The van der Waals surface area contributed by atoms with Crippen molar-refractivity contribution >= 4 is 8.32 Å². The van der Waals surface area contributed by atoms with Gasteiger partial charge in [0.05, 0.1) is 0 Å². The maximum atomic E-state index is 10.5. The van der Waals surface area contributed by atoms with Crippen molar-refractivity contribution in [3.05, 3.63) is 12.2 Å². The summed E-state index contributed by atoms with van der Waals surface area (Å²) in [5.74, 6) is 1.62. The maximum absolute atomic E-state index is 10.5. The van der Waals surface area contributed by atoms with Crippen molar-refractivity contribution < 1.29 is 14.6 Å². The van der Waals surface area contributed by atoms with Crippen molar-refractivity contribution in [3.8, 4) is 0 Å². The number of aliphatic hydroxyl groups excluding tert-OH is 2. The summed E-state index contributed by atoms with van der Waals surface area (Å²) < 4.78 is 6.78. The Balaban J connectivity index is 1.78. The molecule has 0 aliphatic heterocycles. The molecule has 7 atom stereocenters. The van der Waals surface area contributed by atoms with Gasteiger partial charge >= 0.3 is 0 Å². The summed E-state index contributed by atoms with van der Waals surface area (Å²) in [6, 6.07) is 0. The highest BCUT2D eigenvalue weighted by Gasteiger charge is 2.57. The molecule has 0 amide bonds. The Kier molecular flexibility index (Phi) is 6.79. The van der Waals surface area contributed by atoms with Gasteiger partial charge in [0.15, 0.2) is 8.32 Å². The average molecular weight is 437 g/mol. The van der Waals surface area contributed by atoms with E-state index in [1.165, 1.54) is 18.4 Å². The van der Waals surface area contributed by atoms with Crippen LogP contribution in [0.15, 0.2) is 12.2 Å². The SMILES string of the molecule is C=C1CCC2[C@H](CO)C([C@@]3(C)CC[C@H](O[Si](C)(C)C(C)(C)C)C[C@@H]3CO)CC[C@]12C. The Morgan fingerprint density at radius 1 is 1.03 bits per heavy atom. The van der Waals surface area contributed by atoms with Crippen LogP contribution < -0.4 is 0 Å². The van der Waals surface area contributed by atoms with Crippen LogP contribution in [-0.4, -0.2) is 37.8 Å². The predicted octanol–water partition coefficient (Wildman–Crippen LogP) is 6.17. The van der Waals surface area contributed by atoms with Crippen LogP contribution in [0.5, 0.6) is 0 Å². The number of allylic oxidation sites excluding steroid dienone is 1. The Morgan fingerprint density at radius 3 is 2.27 bits per heavy atom. The standard InChI is InChI=1S/C26H48O3Si/c1-18-9-10-22-21(17-28)23(12-14-25(18,22)5)26(6)13-11-20(15-19(26)16-27)29-30(7,8)24(2,3)4/h19-23,27-28H,1,9-17H2,2-8H3/t19-,20+,21+,22?,23?,25-,26+/m1/s1. The third kappa shape index (κ3) is 4.00. The van der Waals surface area contributed by atoms with Crippen LogP contribution in [0.3, 0.4) is 0 Å². The topological polar surface area (TPSA) is 49.7 Å². The second-order valence-electron chi connectivity index (χ2n) is 12.8. The minimum Gasteiger partial charge on any atom is -0.414 e. The molecule has 0 heterocycles. The first-order chi connectivity index (χ1) is 13.8. The van der Waals surface area contributed by atoms with Gasteiger partial charge in [-0.1, -0.05) is 46.8 Å². The molecule has 3 aliphatic carbocycles. The molecule has 3 nitrogen and oxygen atoms in total. The molecule has 174 valence electrons. The van der Waals surface area contributed by atoms with Crippen LogP contribution in [0.4, 0.5) is 0 Å². The highest BCUT2D eigenvalue weighted by Crippen LogP contribution is 2.63. The fourth-order valence-corrected chi connectivity index (χ4v) is 8.52. The van der Waals surface area contributed by atoms with E-state index in [1.54, 1.807) is 0 Å². The van der Waals surface area contributed by atoms with Crippen LogP contribution in [0, 0.1) is 34.5 Å². The summed E-state index contributed by atoms with van der Waals surface area (Å²) in [6.45, 7) is 21.3. The molecule has 3 rings (SSSR count). The number of fused-ring (bicyclic) bond motifs is 1. The summed E-state index contributed by atoms with van der Waals surface area (Å²) in [5, 5.41) is 21.2. The van der Waals surface area contributed by atoms with E-state index in [2.05, 4.69) is 54.3 Å². The molecule has 0 aromatic carbocycles. The van der Waals surface area contributed by atoms with Crippen molar-refractivity contribution in [2.45, 2.75) is 104 Å². The maximum Gasteiger partial charge on any atom is 0.192 e. The van der Waals surface area contributed by atoms with Crippen molar-refractivity contribution in [1.82, 2.24) is 0 Å². The molecule has 3 saturated carbocycles. The minimum absolute atomic E-state index is 0.0840. The molecule has 0 radical (unpaired) electrons. The molecule has 30 heavy (non-hydrogen) atoms. The van der Waals surface area contributed by atoms with Crippen molar-refractivity contribution in [1.29, 1.82) is 0 Å². The molecule has 0 aromatic heterocycles. The number of rotatable bonds is 5. The van der Waals surface area contributed by atoms with Gasteiger partial charge in [-0.2, -0.15) is 0 Å². The third-order valence-electron chi connectivity index (χ3n) is 10.4. The molecule has 3 fully saturated rings. The summed E-state index contributed by atoms with van der Waals surface area (Å²) in [4.78, 5) is 0. The molecule has 0 saturated heterocycles. The van der Waals surface area contributed by atoms with E-state index in [0.717, 1.165) is 32.1 Å². The highest BCUT2D eigenvalue weighted by atomic mass is 28.4. The zero-order chi connectivity index (χ0) is 22.5. The summed E-state index contributed by atoms with van der Waals surface area (Å²) >= 11 is 0. The lowest BCUT2D eigenvalue weighted by molar-refractivity contribution is -0.103. The first-order valence-electron chi connectivity index (χ1n) is 12.4. The molecule has 3 aliphatic rings. The van der Waals surface area contributed by atoms with Gasteiger partial charge < -0.3 is 14.6 Å². The minimum atomic E-state index is -1.81. The highest BCUT2D eigenvalue weighted by molar-refractivity contribution is 6.74. The Morgan fingerprint density at radius 2 is 1.70 bits per heavy atom. The van der Waals surface area contributed by atoms with Crippen LogP contribution in [-0.2, 0) is 4.43 Å². The number of hydrogen-bond donors (Lipinski definition) is 2. The molecule has 0 aromatic rings. The van der Waals surface area contributed by atoms with Gasteiger partial charge in [0, 0.05) is 19.3 Å². The first kappa shape index (κ1) is 24.5. The summed E-state index contributed by atoms with van der Waals surface area (Å²) in [7, 11) is -1.81. The molecule has 2 unspecified atom stereocenters. The number of hydrogen-bond acceptors (Lipinski definition) is 3. The second kappa shape index (κ2) is 8.32. The Hall–Kier alpha value is -0.163. The number of aliphatic hydroxyl groups is 2. The zero-order valence-electron chi connectivity index (χ0n) is 20.8. The quantitative estimate of drug-likeness (QED) is 0.400. The van der Waals surface area contributed by atoms with E-state index < -0.39 is 8.32 Å². The molecule has 4 heteroatoms. The van der Waals surface area contributed by atoms with Gasteiger partial charge in [-0.15, -0.1) is 0 Å². The predicted molar refractivity (Wildman–Crippen MR) is 128 cm³/mol. The lowest BCUT2D eigenvalue weighted by Crippen LogP contribution is -2.53. The van der Waals surface area contributed by atoms with Gasteiger partial charge in [-0.25, -0.2) is 0 Å². The Bertz CT molecular complexity index is 639. The van der Waals surface area contributed by atoms with Crippen LogP contribution in [0.2, 0.25) is 18.1 Å². The smallest absolute Gasteiger partial charge is 0.192 e. The van der Waals surface area contributed by atoms with Gasteiger partial charge in [-0.05, 0) is 97.6 Å². The zero-order valence-corrected chi connectivity index (χ0v) is 21.8. The monoisotopic (exact) mass is 436 g/mol. The largest absolute Gasteiger partial charge is 0.414 e. The van der Waals surface area contributed by atoms with Crippen LogP contribution in [0.25, 0.3) is 0 Å². The first-order valence-corrected chi connectivity index (χ1v) is 15.3. The van der Waals surface area contributed by atoms with Gasteiger partial charge in [0.1, 0.15) is 0 Å². The van der Waals surface area contributed by atoms with E-state index in [9.17, 15) is 10.2 Å². The molecular formula is C26H48O3Si.